The number of para-hydroxylation sites is 1. The number of halogens is 4. The van der Waals surface area contributed by atoms with Gasteiger partial charge in [0, 0.05) is 18.5 Å². The number of pyridine rings is 1. The molecule has 1 N–H and O–H groups in total. The first-order valence-corrected chi connectivity index (χ1v) is 7.47. The van der Waals surface area contributed by atoms with Crippen LogP contribution in [0, 0.1) is 0 Å². The lowest BCUT2D eigenvalue weighted by Crippen LogP contribution is -2.06. The molecule has 0 radical (unpaired) electrons. The van der Waals surface area contributed by atoms with E-state index < -0.39 is 11.7 Å². The molecule has 0 fully saturated rings. The van der Waals surface area contributed by atoms with Gasteiger partial charge in [-0.15, -0.1) is 11.8 Å². The smallest absolute Gasteiger partial charge is 0.383 e. The molecule has 0 unspecified atom stereocenters. The molecule has 1 aromatic carbocycles. The SMILES string of the molecule is FC(F)(F)c1ccc(SCCNc2ccccc2Cl)nc1. The molecule has 0 aliphatic rings. The number of benzene rings is 1. The van der Waals surface area contributed by atoms with Gasteiger partial charge in [-0.2, -0.15) is 13.2 Å². The van der Waals surface area contributed by atoms with Gasteiger partial charge in [-0.1, -0.05) is 23.7 Å². The topological polar surface area (TPSA) is 24.9 Å². The normalized spacial score (nSPS) is 11.4. The van der Waals surface area contributed by atoms with E-state index in [0.29, 0.717) is 22.3 Å². The van der Waals surface area contributed by atoms with Crippen LogP contribution in [-0.4, -0.2) is 17.3 Å². The van der Waals surface area contributed by atoms with Gasteiger partial charge in [-0.05, 0) is 24.3 Å². The van der Waals surface area contributed by atoms with E-state index >= 15 is 0 Å². The second kappa shape index (κ2) is 7.04. The molecule has 0 bridgehead atoms. The monoisotopic (exact) mass is 332 g/mol. The van der Waals surface area contributed by atoms with Crippen molar-refractivity contribution in [2.24, 2.45) is 0 Å². The predicted octanol–water partition coefficient (Wildman–Crippen LogP) is 4.96. The van der Waals surface area contributed by atoms with Gasteiger partial charge in [0.05, 0.1) is 21.3 Å². The Labute approximate surface area is 129 Å². The number of hydrogen-bond acceptors (Lipinski definition) is 3. The zero-order valence-electron chi connectivity index (χ0n) is 10.8. The maximum Gasteiger partial charge on any atom is 0.417 e. The fraction of sp³-hybridized carbons (Fsp3) is 0.214. The molecule has 0 aliphatic carbocycles. The van der Waals surface area contributed by atoms with E-state index in [2.05, 4.69) is 10.3 Å². The first kappa shape index (κ1) is 16.0. The van der Waals surface area contributed by atoms with Crippen molar-refractivity contribution in [3.05, 3.63) is 53.2 Å². The maximum atomic E-state index is 12.4. The van der Waals surface area contributed by atoms with Crippen LogP contribution in [0.5, 0.6) is 0 Å². The van der Waals surface area contributed by atoms with E-state index in [1.54, 1.807) is 6.07 Å². The Bertz CT molecular complexity index is 588. The summed E-state index contributed by atoms with van der Waals surface area (Å²) >= 11 is 7.37. The third-order valence-corrected chi connectivity index (χ3v) is 3.88. The van der Waals surface area contributed by atoms with Crippen LogP contribution < -0.4 is 5.32 Å². The second-order valence-electron chi connectivity index (χ2n) is 4.14. The molecule has 2 aromatic rings. The van der Waals surface area contributed by atoms with Crippen molar-refractivity contribution in [2.45, 2.75) is 11.2 Å². The number of nitrogens with zero attached hydrogens (tertiary/aromatic N) is 1. The summed E-state index contributed by atoms with van der Waals surface area (Å²) in [5.41, 5.74) is 0.0983. The number of alkyl halides is 3. The highest BCUT2D eigenvalue weighted by atomic mass is 35.5. The van der Waals surface area contributed by atoms with Crippen LogP contribution in [-0.2, 0) is 6.18 Å². The predicted molar refractivity (Wildman–Crippen MR) is 79.9 cm³/mol. The summed E-state index contributed by atoms with van der Waals surface area (Å²) < 4.78 is 37.1. The molecule has 0 amide bonds. The maximum absolute atomic E-state index is 12.4. The van der Waals surface area contributed by atoms with E-state index in [4.69, 9.17) is 11.6 Å². The summed E-state index contributed by atoms with van der Waals surface area (Å²) in [7, 11) is 0. The largest absolute Gasteiger partial charge is 0.417 e. The summed E-state index contributed by atoms with van der Waals surface area (Å²) in [6.07, 6.45) is -3.49. The lowest BCUT2D eigenvalue weighted by atomic mass is 10.3. The van der Waals surface area contributed by atoms with Gasteiger partial charge in [0.1, 0.15) is 0 Å². The molecule has 0 spiro atoms. The van der Waals surface area contributed by atoms with Crippen molar-refractivity contribution < 1.29 is 13.2 Å². The minimum Gasteiger partial charge on any atom is -0.383 e. The van der Waals surface area contributed by atoms with Crippen molar-refractivity contribution in [3.63, 3.8) is 0 Å². The van der Waals surface area contributed by atoms with Crippen LogP contribution in [0.2, 0.25) is 5.02 Å². The quantitative estimate of drug-likeness (QED) is 0.619. The molecular weight excluding hydrogens is 321 g/mol. The molecule has 7 heteroatoms. The summed E-state index contributed by atoms with van der Waals surface area (Å²) in [4.78, 5) is 3.80. The highest BCUT2D eigenvalue weighted by molar-refractivity contribution is 7.99. The van der Waals surface area contributed by atoms with Crippen molar-refractivity contribution in [1.29, 1.82) is 0 Å². The Morgan fingerprint density at radius 3 is 2.52 bits per heavy atom. The Morgan fingerprint density at radius 1 is 1.14 bits per heavy atom. The minimum absolute atomic E-state index is 0.559. The first-order chi connectivity index (χ1) is 9.97. The van der Waals surface area contributed by atoms with Crippen LogP contribution in [0.25, 0.3) is 0 Å². The Kier molecular flexibility index (Phi) is 5.36. The second-order valence-corrected chi connectivity index (χ2v) is 5.66. The molecule has 0 atom stereocenters. The Hall–Kier alpha value is -1.40. The molecule has 0 saturated carbocycles. The number of hydrogen-bond donors (Lipinski definition) is 1. The van der Waals surface area contributed by atoms with Gasteiger partial charge >= 0.3 is 6.18 Å². The van der Waals surface area contributed by atoms with Crippen LogP contribution in [0.1, 0.15) is 5.56 Å². The van der Waals surface area contributed by atoms with Crippen molar-refractivity contribution >= 4 is 29.1 Å². The number of aromatic nitrogens is 1. The summed E-state index contributed by atoms with van der Waals surface area (Å²) in [5, 5.41) is 4.35. The first-order valence-electron chi connectivity index (χ1n) is 6.11. The van der Waals surface area contributed by atoms with E-state index in [1.807, 2.05) is 18.2 Å². The third-order valence-electron chi connectivity index (χ3n) is 2.60. The van der Waals surface area contributed by atoms with Crippen LogP contribution >= 0.6 is 23.4 Å². The van der Waals surface area contributed by atoms with Crippen molar-refractivity contribution in [1.82, 2.24) is 4.98 Å². The average molecular weight is 333 g/mol. The third kappa shape index (κ3) is 4.82. The minimum atomic E-state index is -4.35. The number of thioether (sulfide) groups is 1. The zero-order valence-corrected chi connectivity index (χ0v) is 12.4. The van der Waals surface area contributed by atoms with E-state index in [0.717, 1.165) is 18.0 Å². The van der Waals surface area contributed by atoms with Crippen molar-refractivity contribution in [2.75, 3.05) is 17.6 Å². The number of rotatable bonds is 5. The van der Waals surface area contributed by atoms with Gasteiger partial charge in [0.25, 0.3) is 0 Å². The number of nitrogens with one attached hydrogen (secondary N) is 1. The summed E-state index contributed by atoms with van der Waals surface area (Å²) in [6.45, 7) is 0.636. The molecule has 112 valence electrons. The molecule has 2 nitrogen and oxygen atoms in total. The lowest BCUT2D eigenvalue weighted by Gasteiger charge is -2.08. The Balaban J connectivity index is 1.80. The zero-order chi connectivity index (χ0) is 15.3. The van der Waals surface area contributed by atoms with Crippen molar-refractivity contribution in [3.8, 4) is 0 Å². The Morgan fingerprint density at radius 2 is 1.90 bits per heavy atom. The van der Waals surface area contributed by atoms with Gasteiger partial charge in [-0.25, -0.2) is 4.98 Å². The van der Waals surface area contributed by atoms with E-state index in [1.165, 1.54) is 17.8 Å². The highest BCUT2D eigenvalue weighted by Gasteiger charge is 2.30. The number of anilines is 1. The van der Waals surface area contributed by atoms with Gasteiger partial charge in [0.2, 0.25) is 0 Å². The molecular formula is C14H12ClF3N2S. The molecule has 1 heterocycles. The standard InChI is InChI=1S/C14H12ClF3N2S/c15-11-3-1-2-4-12(11)19-7-8-21-13-6-5-10(9-20-13)14(16,17)18/h1-6,9,19H,7-8H2. The average Bonchev–Trinajstić information content (AvgIpc) is 2.45. The van der Waals surface area contributed by atoms with E-state index in [9.17, 15) is 13.2 Å². The molecule has 21 heavy (non-hydrogen) atoms. The summed E-state index contributed by atoms with van der Waals surface area (Å²) in [6, 6.07) is 9.78. The molecule has 2 rings (SSSR count). The lowest BCUT2D eigenvalue weighted by molar-refractivity contribution is -0.137. The van der Waals surface area contributed by atoms with Crippen LogP contribution in [0.4, 0.5) is 18.9 Å². The van der Waals surface area contributed by atoms with Gasteiger partial charge in [-0.3, -0.25) is 0 Å². The fourth-order valence-electron chi connectivity index (χ4n) is 1.58. The van der Waals surface area contributed by atoms with E-state index in [-0.39, 0.29) is 0 Å². The fourth-order valence-corrected chi connectivity index (χ4v) is 2.49. The van der Waals surface area contributed by atoms with Crippen LogP contribution in [0.3, 0.4) is 0 Å². The van der Waals surface area contributed by atoms with Gasteiger partial charge < -0.3 is 5.32 Å². The molecule has 1 aromatic heterocycles. The molecule has 0 saturated heterocycles. The highest BCUT2D eigenvalue weighted by Crippen LogP contribution is 2.29. The van der Waals surface area contributed by atoms with Gasteiger partial charge in [0.15, 0.2) is 0 Å². The molecule has 0 aliphatic heterocycles. The summed E-state index contributed by atoms with van der Waals surface area (Å²) in [5.74, 6) is 0.670. The van der Waals surface area contributed by atoms with Crippen LogP contribution in [0.15, 0.2) is 47.6 Å².